The summed E-state index contributed by atoms with van der Waals surface area (Å²) in [5.41, 5.74) is 1.90. The van der Waals surface area contributed by atoms with E-state index in [4.69, 9.17) is 4.74 Å². The van der Waals surface area contributed by atoms with Crippen molar-refractivity contribution in [3.05, 3.63) is 54.0 Å². The Balaban J connectivity index is 2.09. The molecule has 0 fully saturated rings. The van der Waals surface area contributed by atoms with Gasteiger partial charge in [0, 0.05) is 12.4 Å². The first kappa shape index (κ1) is 13.3. The quantitative estimate of drug-likeness (QED) is 0.735. The van der Waals surface area contributed by atoms with Gasteiger partial charge in [-0.05, 0) is 18.1 Å². The number of unbranched alkanes of at least 4 members (excludes halogenated alkanes) is 1. The van der Waals surface area contributed by atoms with Crippen molar-refractivity contribution in [2.45, 2.75) is 19.8 Å². The van der Waals surface area contributed by atoms with Crippen LogP contribution in [0.4, 0.5) is 0 Å². The fourth-order valence-electron chi connectivity index (χ4n) is 1.61. The Morgan fingerprint density at radius 1 is 1.05 bits per heavy atom. The maximum absolute atomic E-state index is 5.64. The molecule has 19 heavy (non-hydrogen) atoms. The molecule has 0 amide bonds. The Bertz CT molecular complexity index is 523. The maximum Gasteiger partial charge on any atom is 0.239 e. The molecule has 1 aromatic heterocycles. The SMILES string of the molecule is CCCCOc1nccnc1/C=C/c1ccccc1. The fraction of sp³-hybridized carbons (Fsp3) is 0.250. The van der Waals surface area contributed by atoms with Crippen molar-refractivity contribution >= 4 is 12.2 Å². The highest BCUT2D eigenvalue weighted by atomic mass is 16.5. The summed E-state index contributed by atoms with van der Waals surface area (Å²) in [4.78, 5) is 8.52. The summed E-state index contributed by atoms with van der Waals surface area (Å²) >= 11 is 0. The summed E-state index contributed by atoms with van der Waals surface area (Å²) in [6.07, 6.45) is 9.41. The van der Waals surface area contributed by atoms with Gasteiger partial charge in [-0.1, -0.05) is 49.8 Å². The van der Waals surface area contributed by atoms with Crippen molar-refractivity contribution in [2.24, 2.45) is 0 Å². The number of nitrogens with zero attached hydrogens (tertiary/aromatic N) is 2. The van der Waals surface area contributed by atoms with E-state index in [1.54, 1.807) is 12.4 Å². The van der Waals surface area contributed by atoms with Crippen LogP contribution >= 0.6 is 0 Å². The zero-order valence-electron chi connectivity index (χ0n) is 11.1. The molecule has 2 aromatic rings. The largest absolute Gasteiger partial charge is 0.476 e. The molecule has 0 saturated carbocycles. The van der Waals surface area contributed by atoms with Crippen molar-refractivity contribution < 1.29 is 4.74 Å². The predicted octanol–water partition coefficient (Wildman–Crippen LogP) is 3.83. The van der Waals surface area contributed by atoms with Gasteiger partial charge in [0.25, 0.3) is 0 Å². The van der Waals surface area contributed by atoms with Crippen molar-refractivity contribution in [3.8, 4) is 5.88 Å². The normalized spacial score (nSPS) is 10.8. The minimum absolute atomic E-state index is 0.600. The van der Waals surface area contributed by atoms with E-state index in [1.165, 1.54) is 0 Å². The molecule has 0 radical (unpaired) electrons. The van der Waals surface area contributed by atoms with Gasteiger partial charge in [-0.25, -0.2) is 9.97 Å². The van der Waals surface area contributed by atoms with E-state index < -0.39 is 0 Å². The van der Waals surface area contributed by atoms with Crippen LogP contribution in [0.25, 0.3) is 12.2 Å². The molecule has 3 heteroatoms. The van der Waals surface area contributed by atoms with Crippen LogP contribution in [0.3, 0.4) is 0 Å². The van der Waals surface area contributed by atoms with Crippen LogP contribution < -0.4 is 4.74 Å². The van der Waals surface area contributed by atoms with E-state index in [2.05, 4.69) is 16.9 Å². The molecule has 0 unspecified atom stereocenters. The van der Waals surface area contributed by atoms with Crippen molar-refractivity contribution in [1.29, 1.82) is 0 Å². The van der Waals surface area contributed by atoms with Gasteiger partial charge in [-0.15, -0.1) is 0 Å². The van der Waals surface area contributed by atoms with E-state index in [1.807, 2.05) is 42.5 Å². The molecule has 0 N–H and O–H groups in total. The Morgan fingerprint density at radius 3 is 2.63 bits per heavy atom. The number of ether oxygens (including phenoxy) is 1. The number of aromatic nitrogens is 2. The van der Waals surface area contributed by atoms with Gasteiger partial charge >= 0.3 is 0 Å². The van der Waals surface area contributed by atoms with Crippen molar-refractivity contribution in [2.75, 3.05) is 6.61 Å². The second-order valence-corrected chi connectivity index (χ2v) is 4.19. The van der Waals surface area contributed by atoms with Gasteiger partial charge in [0.2, 0.25) is 5.88 Å². The van der Waals surface area contributed by atoms with Crippen molar-refractivity contribution in [1.82, 2.24) is 9.97 Å². The average Bonchev–Trinajstić information content (AvgIpc) is 2.48. The summed E-state index contributed by atoms with van der Waals surface area (Å²) in [5, 5.41) is 0. The number of rotatable bonds is 6. The summed E-state index contributed by atoms with van der Waals surface area (Å²) < 4.78 is 5.64. The Labute approximate surface area is 114 Å². The molecular formula is C16H18N2O. The van der Waals surface area contributed by atoms with Crippen LogP contribution in [0.15, 0.2) is 42.7 Å². The van der Waals surface area contributed by atoms with Crippen LogP contribution in [0.1, 0.15) is 31.0 Å². The number of hydrogen-bond donors (Lipinski definition) is 0. The summed E-state index contributed by atoms with van der Waals surface area (Å²) in [5.74, 6) is 0.600. The van der Waals surface area contributed by atoms with Gasteiger partial charge in [0.15, 0.2) is 0 Å². The zero-order valence-corrected chi connectivity index (χ0v) is 11.1. The molecule has 98 valence electrons. The lowest BCUT2D eigenvalue weighted by molar-refractivity contribution is 0.295. The minimum Gasteiger partial charge on any atom is -0.476 e. The molecule has 0 aliphatic heterocycles. The predicted molar refractivity (Wildman–Crippen MR) is 77.8 cm³/mol. The molecule has 2 rings (SSSR count). The Kier molecular flexibility index (Phi) is 5.11. The summed E-state index contributed by atoms with van der Waals surface area (Å²) in [7, 11) is 0. The standard InChI is InChI=1S/C16H18N2O/c1-2-3-13-19-16-15(17-11-12-18-16)10-9-14-7-5-4-6-8-14/h4-12H,2-3,13H2,1H3/b10-9+. The third kappa shape index (κ3) is 4.21. The molecule has 0 atom stereocenters. The third-order valence-corrected chi connectivity index (χ3v) is 2.66. The second-order valence-electron chi connectivity index (χ2n) is 4.19. The summed E-state index contributed by atoms with van der Waals surface area (Å²) in [6, 6.07) is 10.1. The van der Waals surface area contributed by atoms with Crippen LogP contribution in [0, 0.1) is 0 Å². The average molecular weight is 254 g/mol. The highest BCUT2D eigenvalue weighted by molar-refractivity contribution is 5.69. The molecule has 0 bridgehead atoms. The molecule has 3 nitrogen and oxygen atoms in total. The minimum atomic E-state index is 0.600. The number of benzene rings is 1. The fourth-order valence-corrected chi connectivity index (χ4v) is 1.61. The molecule has 1 aromatic carbocycles. The van der Waals surface area contributed by atoms with Gasteiger partial charge in [0.05, 0.1) is 6.61 Å². The van der Waals surface area contributed by atoms with Crippen molar-refractivity contribution in [3.63, 3.8) is 0 Å². The monoisotopic (exact) mass is 254 g/mol. The Morgan fingerprint density at radius 2 is 1.84 bits per heavy atom. The maximum atomic E-state index is 5.64. The molecule has 0 aliphatic carbocycles. The second kappa shape index (κ2) is 7.31. The van der Waals surface area contributed by atoms with Gasteiger partial charge in [0.1, 0.15) is 5.69 Å². The van der Waals surface area contributed by atoms with E-state index in [9.17, 15) is 0 Å². The lowest BCUT2D eigenvalue weighted by atomic mass is 10.2. The van der Waals surface area contributed by atoms with Gasteiger partial charge in [-0.2, -0.15) is 0 Å². The first-order chi connectivity index (χ1) is 9.40. The number of hydrogen-bond acceptors (Lipinski definition) is 3. The highest BCUT2D eigenvalue weighted by Gasteiger charge is 2.02. The summed E-state index contributed by atoms with van der Waals surface area (Å²) in [6.45, 7) is 2.82. The molecule has 1 heterocycles. The van der Waals surface area contributed by atoms with Gasteiger partial charge < -0.3 is 4.74 Å². The van der Waals surface area contributed by atoms with Crippen LogP contribution in [0.5, 0.6) is 5.88 Å². The first-order valence-electron chi connectivity index (χ1n) is 6.57. The van der Waals surface area contributed by atoms with Crippen LogP contribution in [-0.4, -0.2) is 16.6 Å². The topological polar surface area (TPSA) is 35.0 Å². The zero-order chi connectivity index (χ0) is 13.3. The lowest BCUT2D eigenvalue weighted by Crippen LogP contribution is -2.01. The highest BCUT2D eigenvalue weighted by Crippen LogP contribution is 2.15. The van der Waals surface area contributed by atoms with E-state index in [0.29, 0.717) is 12.5 Å². The molecular weight excluding hydrogens is 236 g/mol. The smallest absolute Gasteiger partial charge is 0.239 e. The van der Waals surface area contributed by atoms with E-state index in [-0.39, 0.29) is 0 Å². The van der Waals surface area contributed by atoms with Gasteiger partial charge in [-0.3, -0.25) is 0 Å². The first-order valence-corrected chi connectivity index (χ1v) is 6.57. The molecule has 0 aliphatic rings. The molecule has 0 spiro atoms. The lowest BCUT2D eigenvalue weighted by Gasteiger charge is -2.05. The molecule has 0 saturated heterocycles. The Hall–Kier alpha value is -2.16. The van der Waals surface area contributed by atoms with Crippen LogP contribution in [-0.2, 0) is 0 Å². The van der Waals surface area contributed by atoms with E-state index >= 15 is 0 Å². The van der Waals surface area contributed by atoms with Crippen LogP contribution in [0.2, 0.25) is 0 Å². The van der Waals surface area contributed by atoms with E-state index in [0.717, 1.165) is 24.1 Å². The third-order valence-electron chi connectivity index (χ3n) is 2.66.